The Morgan fingerprint density at radius 1 is 1.27 bits per heavy atom. The minimum absolute atomic E-state index is 0.778. The molecule has 0 aliphatic rings. The van der Waals surface area contributed by atoms with Crippen LogP contribution in [-0.4, -0.2) is 9.78 Å². The van der Waals surface area contributed by atoms with Crippen LogP contribution in [-0.2, 0) is 6.42 Å². The summed E-state index contributed by atoms with van der Waals surface area (Å²) in [5.74, 6) is 0. The number of para-hydroxylation sites is 1. The number of benzene rings is 1. The summed E-state index contributed by atoms with van der Waals surface area (Å²) in [4.78, 5) is 0. The van der Waals surface area contributed by atoms with E-state index in [-0.39, 0.29) is 0 Å². The molecule has 0 saturated heterocycles. The Bertz CT molecular complexity index is 431. The highest BCUT2D eigenvalue weighted by molar-refractivity contribution is 5.46. The molecular weight excluding hydrogens is 186 g/mol. The highest BCUT2D eigenvalue weighted by atomic mass is 15.3. The number of aromatic nitrogens is 2. The maximum absolute atomic E-state index is 5.88. The molecule has 3 heteroatoms. The van der Waals surface area contributed by atoms with Gasteiger partial charge in [0.1, 0.15) is 0 Å². The maximum Gasteiger partial charge on any atom is 0.0737 e. The van der Waals surface area contributed by atoms with Crippen LogP contribution in [0.5, 0.6) is 0 Å². The fraction of sp³-hybridized carbons (Fsp3) is 0.250. The predicted octanol–water partition coefficient (Wildman–Crippen LogP) is 2.41. The van der Waals surface area contributed by atoms with Crippen molar-refractivity contribution in [2.45, 2.75) is 19.8 Å². The molecule has 1 aromatic heterocycles. The molecule has 0 aliphatic heterocycles. The van der Waals surface area contributed by atoms with Crippen molar-refractivity contribution in [3.05, 3.63) is 42.2 Å². The van der Waals surface area contributed by atoms with E-state index in [1.165, 1.54) is 0 Å². The van der Waals surface area contributed by atoms with Gasteiger partial charge in [-0.05, 0) is 18.6 Å². The van der Waals surface area contributed by atoms with E-state index in [4.69, 9.17) is 5.73 Å². The van der Waals surface area contributed by atoms with Gasteiger partial charge in [-0.3, -0.25) is 0 Å². The van der Waals surface area contributed by atoms with E-state index in [1.807, 2.05) is 35.0 Å². The van der Waals surface area contributed by atoms with Crippen LogP contribution in [0, 0.1) is 0 Å². The zero-order valence-corrected chi connectivity index (χ0v) is 8.85. The lowest BCUT2D eigenvalue weighted by Crippen LogP contribution is -2.03. The lowest BCUT2D eigenvalue weighted by Gasteiger charge is -2.06. The number of anilines is 1. The van der Waals surface area contributed by atoms with Crippen LogP contribution in [0.25, 0.3) is 5.69 Å². The number of nitrogen functional groups attached to an aromatic ring is 1. The van der Waals surface area contributed by atoms with Crippen molar-refractivity contribution < 1.29 is 0 Å². The minimum atomic E-state index is 0.778. The highest BCUT2D eigenvalue weighted by Gasteiger charge is 2.07. The summed E-state index contributed by atoms with van der Waals surface area (Å²) >= 11 is 0. The smallest absolute Gasteiger partial charge is 0.0737 e. The third-order valence-electron chi connectivity index (χ3n) is 2.39. The van der Waals surface area contributed by atoms with Crippen molar-refractivity contribution in [2.75, 3.05) is 5.73 Å². The Kier molecular flexibility index (Phi) is 2.72. The Labute approximate surface area is 89.5 Å². The predicted molar refractivity (Wildman–Crippen MR) is 62.0 cm³/mol. The van der Waals surface area contributed by atoms with Gasteiger partial charge in [-0.1, -0.05) is 31.5 Å². The average Bonchev–Trinajstić information content (AvgIpc) is 2.63. The molecule has 2 N–H and O–H groups in total. The summed E-state index contributed by atoms with van der Waals surface area (Å²) in [7, 11) is 0. The Balaban J connectivity index is 2.44. The lowest BCUT2D eigenvalue weighted by atomic mass is 10.2. The normalized spacial score (nSPS) is 10.5. The quantitative estimate of drug-likeness (QED) is 0.828. The Morgan fingerprint density at radius 3 is 2.67 bits per heavy atom. The summed E-state index contributed by atoms with van der Waals surface area (Å²) in [6, 6.07) is 10.1. The fourth-order valence-corrected chi connectivity index (χ4v) is 1.67. The molecule has 3 nitrogen and oxygen atoms in total. The second-order valence-electron chi connectivity index (χ2n) is 3.54. The maximum atomic E-state index is 5.88. The van der Waals surface area contributed by atoms with Gasteiger partial charge in [-0.2, -0.15) is 5.10 Å². The van der Waals surface area contributed by atoms with E-state index in [9.17, 15) is 0 Å². The number of nitrogens with two attached hydrogens (primary N) is 1. The molecule has 0 amide bonds. The first-order chi connectivity index (χ1) is 7.33. The van der Waals surface area contributed by atoms with Gasteiger partial charge < -0.3 is 5.73 Å². The van der Waals surface area contributed by atoms with Gasteiger partial charge in [0.15, 0.2) is 0 Å². The summed E-state index contributed by atoms with van der Waals surface area (Å²) in [5, 5.41) is 4.30. The van der Waals surface area contributed by atoms with Crippen molar-refractivity contribution in [1.82, 2.24) is 9.78 Å². The standard InChI is InChI=1S/C12H15N3/c1-2-6-12-11(13)9-14-15(12)10-7-4-3-5-8-10/h3-5,7-9H,2,6,13H2,1H3. The highest BCUT2D eigenvalue weighted by Crippen LogP contribution is 2.17. The molecule has 0 bridgehead atoms. The van der Waals surface area contributed by atoms with Gasteiger partial charge >= 0.3 is 0 Å². The molecule has 0 radical (unpaired) electrons. The topological polar surface area (TPSA) is 43.8 Å². The molecule has 0 spiro atoms. The molecule has 1 aromatic carbocycles. The largest absolute Gasteiger partial charge is 0.396 e. The van der Waals surface area contributed by atoms with Crippen molar-refractivity contribution in [3.8, 4) is 5.69 Å². The fourth-order valence-electron chi connectivity index (χ4n) is 1.67. The van der Waals surface area contributed by atoms with Crippen LogP contribution >= 0.6 is 0 Å². The molecule has 0 saturated carbocycles. The molecule has 0 fully saturated rings. The molecule has 0 aliphatic carbocycles. The van der Waals surface area contributed by atoms with Crippen molar-refractivity contribution >= 4 is 5.69 Å². The minimum Gasteiger partial charge on any atom is -0.396 e. The van der Waals surface area contributed by atoms with Crippen LogP contribution in [0.1, 0.15) is 19.0 Å². The first kappa shape index (κ1) is 9.77. The first-order valence-corrected chi connectivity index (χ1v) is 5.20. The first-order valence-electron chi connectivity index (χ1n) is 5.20. The van der Waals surface area contributed by atoms with E-state index in [0.29, 0.717) is 0 Å². The van der Waals surface area contributed by atoms with Crippen molar-refractivity contribution in [2.24, 2.45) is 0 Å². The van der Waals surface area contributed by atoms with Crippen LogP contribution in [0.3, 0.4) is 0 Å². The lowest BCUT2D eigenvalue weighted by molar-refractivity contribution is 0.776. The molecule has 2 rings (SSSR count). The second-order valence-corrected chi connectivity index (χ2v) is 3.54. The summed E-state index contributed by atoms with van der Waals surface area (Å²) in [6.45, 7) is 2.14. The Morgan fingerprint density at radius 2 is 2.00 bits per heavy atom. The third kappa shape index (κ3) is 1.86. The van der Waals surface area contributed by atoms with Crippen molar-refractivity contribution in [1.29, 1.82) is 0 Å². The monoisotopic (exact) mass is 201 g/mol. The van der Waals surface area contributed by atoms with Gasteiger partial charge in [0, 0.05) is 0 Å². The zero-order valence-electron chi connectivity index (χ0n) is 8.85. The molecule has 1 heterocycles. The number of hydrogen-bond acceptors (Lipinski definition) is 2. The van der Waals surface area contributed by atoms with E-state index >= 15 is 0 Å². The molecule has 0 atom stereocenters. The summed E-state index contributed by atoms with van der Waals surface area (Å²) in [6.07, 6.45) is 3.75. The van der Waals surface area contributed by atoms with Gasteiger partial charge in [0.2, 0.25) is 0 Å². The molecular formula is C12H15N3. The van der Waals surface area contributed by atoms with Crippen molar-refractivity contribution in [3.63, 3.8) is 0 Å². The zero-order chi connectivity index (χ0) is 10.7. The summed E-state index contributed by atoms with van der Waals surface area (Å²) < 4.78 is 1.92. The van der Waals surface area contributed by atoms with E-state index in [0.717, 1.165) is 29.9 Å². The van der Waals surface area contributed by atoms with Crippen LogP contribution in [0.15, 0.2) is 36.5 Å². The van der Waals surface area contributed by atoms with Gasteiger partial charge in [-0.25, -0.2) is 4.68 Å². The van der Waals surface area contributed by atoms with E-state index in [1.54, 1.807) is 6.20 Å². The van der Waals surface area contributed by atoms with Gasteiger partial charge in [0.05, 0.1) is 23.3 Å². The summed E-state index contributed by atoms with van der Waals surface area (Å²) in [5.41, 5.74) is 8.83. The molecule has 78 valence electrons. The molecule has 15 heavy (non-hydrogen) atoms. The van der Waals surface area contributed by atoms with Gasteiger partial charge in [-0.15, -0.1) is 0 Å². The second kappa shape index (κ2) is 4.17. The molecule has 2 aromatic rings. The van der Waals surface area contributed by atoms with E-state index in [2.05, 4.69) is 12.0 Å². The number of hydrogen-bond donors (Lipinski definition) is 1. The van der Waals surface area contributed by atoms with Crippen LogP contribution in [0.4, 0.5) is 5.69 Å². The average molecular weight is 201 g/mol. The van der Waals surface area contributed by atoms with Crippen LogP contribution < -0.4 is 5.73 Å². The molecule has 0 unspecified atom stereocenters. The van der Waals surface area contributed by atoms with Crippen LogP contribution in [0.2, 0.25) is 0 Å². The SMILES string of the molecule is CCCc1c(N)cnn1-c1ccccc1. The Hall–Kier alpha value is -1.77. The van der Waals surface area contributed by atoms with Gasteiger partial charge in [0.25, 0.3) is 0 Å². The number of nitrogens with zero attached hydrogens (tertiary/aromatic N) is 2. The number of rotatable bonds is 3. The third-order valence-corrected chi connectivity index (χ3v) is 2.39. The van der Waals surface area contributed by atoms with E-state index < -0.39 is 0 Å².